The minimum Gasteiger partial charge on any atom is -0.479 e. The van der Waals surface area contributed by atoms with Crippen LogP contribution >= 0.6 is 0 Å². The Morgan fingerprint density at radius 2 is 2.15 bits per heavy atom. The maximum atomic E-state index is 12.7. The zero-order valence-electron chi connectivity index (χ0n) is 15.1. The summed E-state index contributed by atoms with van der Waals surface area (Å²) in [5, 5.41) is 9.69. The summed E-state index contributed by atoms with van der Waals surface area (Å²) in [5.74, 6) is 0.462. The van der Waals surface area contributed by atoms with E-state index in [1.807, 2.05) is 13.8 Å². The molecule has 1 atom stereocenters. The van der Waals surface area contributed by atoms with E-state index in [0.717, 1.165) is 5.69 Å². The summed E-state index contributed by atoms with van der Waals surface area (Å²) < 4.78 is 7.13. The van der Waals surface area contributed by atoms with Crippen molar-refractivity contribution in [2.45, 2.75) is 32.8 Å². The number of amides is 2. The smallest absolute Gasteiger partial charge is 0.274 e. The highest BCUT2D eigenvalue weighted by Gasteiger charge is 2.24. The van der Waals surface area contributed by atoms with E-state index in [2.05, 4.69) is 25.7 Å². The Morgan fingerprint density at radius 3 is 2.93 bits per heavy atom. The van der Waals surface area contributed by atoms with Crippen LogP contribution in [0.2, 0.25) is 0 Å². The van der Waals surface area contributed by atoms with Gasteiger partial charge < -0.3 is 15.4 Å². The summed E-state index contributed by atoms with van der Waals surface area (Å²) in [5.41, 5.74) is 2.11. The number of anilines is 2. The number of nitrogens with zero attached hydrogens (tertiary/aromatic N) is 4. The van der Waals surface area contributed by atoms with Gasteiger partial charge in [-0.05, 0) is 37.1 Å². The molecule has 27 heavy (non-hydrogen) atoms. The molecule has 3 heterocycles. The van der Waals surface area contributed by atoms with Gasteiger partial charge in [-0.15, -0.1) is 0 Å². The third kappa shape index (κ3) is 3.07. The van der Waals surface area contributed by atoms with Crippen LogP contribution in [0.15, 0.2) is 30.6 Å². The fraction of sp³-hybridized carbons (Fsp3) is 0.278. The number of carbonyl (C=O) groups is 2. The Bertz CT molecular complexity index is 1060. The first-order valence-electron chi connectivity index (χ1n) is 8.56. The zero-order chi connectivity index (χ0) is 19.1. The molecule has 0 saturated carbocycles. The standard InChI is InChI=1S/C18H18N6O3/c1-9(2)14-7-13(23-18-19-8-20-24(14)18)17(26)21-11-4-5-15-12(6-11)22-16(25)10(3)27-15/h4-10H,1-3H3,(H,21,26)(H,22,25)/t10-/m0/s1. The molecule has 0 fully saturated rings. The molecule has 0 saturated heterocycles. The van der Waals surface area contributed by atoms with Crippen LogP contribution in [-0.2, 0) is 4.79 Å². The number of ether oxygens (including phenoxy) is 1. The van der Waals surface area contributed by atoms with Crippen LogP contribution in [0.25, 0.3) is 5.78 Å². The van der Waals surface area contributed by atoms with E-state index in [1.54, 1.807) is 35.7 Å². The average Bonchev–Trinajstić information content (AvgIpc) is 3.10. The minimum absolute atomic E-state index is 0.141. The predicted octanol–water partition coefficient (Wildman–Crippen LogP) is 2.22. The second-order valence-corrected chi connectivity index (χ2v) is 6.61. The monoisotopic (exact) mass is 366 g/mol. The molecule has 0 bridgehead atoms. The first kappa shape index (κ1) is 17.0. The molecule has 4 rings (SSSR count). The molecule has 2 amide bonds. The minimum atomic E-state index is -0.550. The van der Waals surface area contributed by atoms with Crippen molar-refractivity contribution in [3.05, 3.63) is 42.0 Å². The quantitative estimate of drug-likeness (QED) is 0.735. The third-order valence-electron chi connectivity index (χ3n) is 4.27. The molecule has 1 aliphatic rings. The zero-order valence-corrected chi connectivity index (χ0v) is 15.1. The van der Waals surface area contributed by atoms with Crippen LogP contribution in [0.5, 0.6) is 5.75 Å². The summed E-state index contributed by atoms with van der Waals surface area (Å²) in [6.45, 7) is 5.68. The fourth-order valence-electron chi connectivity index (χ4n) is 2.84. The fourth-order valence-corrected chi connectivity index (χ4v) is 2.84. The lowest BCUT2D eigenvalue weighted by atomic mass is 10.1. The van der Waals surface area contributed by atoms with E-state index >= 15 is 0 Å². The lowest BCUT2D eigenvalue weighted by Gasteiger charge is -2.23. The van der Waals surface area contributed by atoms with Gasteiger partial charge in [-0.25, -0.2) is 9.50 Å². The normalized spacial score (nSPS) is 16.0. The molecule has 0 unspecified atom stereocenters. The van der Waals surface area contributed by atoms with Gasteiger partial charge in [0.2, 0.25) is 0 Å². The predicted molar refractivity (Wildman–Crippen MR) is 98.0 cm³/mol. The molecule has 1 aromatic carbocycles. The molecule has 138 valence electrons. The maximum Gasteiger partial charge on any atom is 0.274 e. The Kier molecular flexibility index (Phi) is 3.98. The van der Waals surface area contributed by atoms with Crippen LogP contribution in [-0.4, -0.2) is 37.5 Å². The van der Waals surface area contributed by atoms with Crippen molar-refractivity contribution in [1.82, 2.24) is 19.6 Å². The van der Waals surface area contributed by atoms with Gasteiger partial charge in [0.05, 0.1) is 11.4 Å². The molecule has 0 aliphatic carbocycles. The van der Waals surface area contributed by atoms with Crippen molar-refractivity contribution in [2.75, 3.05) is 10.6 Å². The van der Waals surface area contributed by atoms with E-state index in [0.29, 0.717) is 22.9 Å². The van der Waals surface area contributed by atoms with Crippen LogP contribution in [0.3, 0.4) is 0 Å². The van der Waals surface area contributed by atoms with E-state index < -0.39 is 6.10 Å². The van der Waals surface area contributed by atoms with Crippen molar-refractivity contribution in [3.8, 4) is 5.75 Å². The molecule has 1 aliphatic heterocycles. The van der Waals surface area contributed by atoms with E-state index in [-0.39, 0.29) is 23.4 Å². The van der Waals surface area contributed by atoms with Gasteiger partial charge in [0.15, 0.2) is 6.10 Å². The lowest BCUT2D eigenvalue weighted by molar-refractivity contribution is -0.122. The van der Waals surface area contributed by atoms with Crippen molar-refractivity contribution in [2.24, 2.45) is 0 Å². The average molecular weight is 366 g/mol. The van der Waals surface area contributed by atoms with Crippen molar-refractivity contribution in [3.63, 3.8) is 0 Å². The number of fused-ring (bicyclic) bond motifs is 2. The summed E-state index contributed by atoms with van der Waals surface area (Å²) in [4.78, 5) is 32.8. The van der Waals surface area contributed by atoms with Crippen LogP contribution < -0.4 is 15.4 Å². The highest BCUT2D eigenvalue weighted by atomic mass is 16.5. The summed E-state index contributed by atoms with van der Waals surface area (Å²) >= 11 is 0. The molecular weight excluding hydrogens is 348 g/mol. The highest BCUT2D eigenvalue weighted by Crippen LogP contribution is 2.32. The summed E-state index contributed by atoms with van der Waals surface area (Å²) in [7, 11) is 0. The number of hydrogen-bond acceptors (Lipinski definition) is 6. The second kappa shape index (κ2) is 6.35. The highest BCUT2D eigenvalue weighted by molar-refractivity contribution is 6.04. The Hall–Kier alpha value is -3.49. The van der Waals surface area contributed by atoms with E-state index in [4.69, 9.17) is 4.74 Å². The third-order valence-corrected chi connectivity index (χ3v) is 4.27. The molecule has 9 nitrogen and oxygen atoms in total. The molecule has 9 heteroatoms. The maximum absolute atomic E-state index is 12.7. The number of carbonyl (C=O) groups excluding carboxylic acids is 2. The van der Waals surface area contributed by atoms with Gasteiger partial charge in [-0.2, -0.15) is 10.1 Å². The lowest BCUT2D eigenvalue weighted by Crippen LogP contribution is -2.34. The van der Waals surface area contributed by atoms with E-state index in [1.165, 1.54) is 6.33 Å². The van der Waals surface area contributed by atoms with Gasteiger partial charge in [0.25, 0.3) is 17.6 Å². The summed E-state index contributed by atoms with van der Waals surface area (Å²) in [6, 6.07) is 6.76. The van der Waals surface area contributed by atoms with Gasteiger partial charge >= 0.3 is 0 Å². The molecule has 2 aromatic heterocycles. The van der Waals surface area contributed by atoms with E-state index in [9.17, 15) is 9.59 Å². The van der Waals surface area contributed by atoms with Crippen LogP contribution in [0.1, 0.15) is 42.9 Å². The van der Waals surface area contributed by atoms with Crippen molar-refractivity contribution < 1.29 is 14.3 Å². The Labute approximate surface area is 154 Å². The topological polar surface area (TPSA) is 111 Å². The SMILES string of the molecule is CC(C)c1cc(C(=O)Nc2ccc3c(c2)NC(=O)[C@H](C)O3)nc2ncnn12. The number of aromatic nitrogens is 4. The number of hydrogen-bond donors (Lipinski definition) is 2. The Morgan fingerprint density at radius 1 is 1.33 bits per heavy atom. The summed E-state index contributed by atoms with van der Waals surface area (Å²) in [6.07, 6.45) is 0.856. The molecule has 0 spiro atoms. The first-order valence-corrected chi connectivity index (χ1v) is 8.56. The number of benzene rings is 1. The number of nitrogens with one attached hydrogen (secondary N) is 2. The molecule has 2 N–H and O–H groups in total. The van der Waals surface area contributed by atoms with Crippen molar-refractivity contribution >= 4 is 29.0 Å². The van der Waals surface area contributed by atoms with Crippen molar-refractivity contribution in [1.29, 1.82) is 0 Å². The Balaban J connectivity index is 1.62. The van der Waals surface area contributed by atoms with Gasteiger partial charge in [0, 0.05) is 5.69 Å². The van der Waals surface area contributed by atoms with Gasteiger partial charge in [-0.3, -0.25) is 9.59 Å². The molecule has 3 aromatic rings. The van der Waals surface area contributed by atoms with Gasteiger partial charge in [0.1, 0.15) is 17.8 Å². The molecule has 0 radical (unpaired) electrons. The largest absolute Gasteiger partial charge is 0.479 e. The van der Waals surface area contributed by atoms with Crippen LogP contribution in [0.4, 0.5) is 11.4 Å². The second-order valence-electron chi connectivity index (χ2n) is 6.61. The van der Waals surface area contributed by atoms with Crippen LogP contribution in [0, 0.1) is 0 Å². The van der Waals surface area contributed by atoms with Gasteiger partial charge in [-0.1, -0.05) is 13.8 Å². The molecular formula is C18H18N6O3. The number of rotatable bonds is 3. The first-order chi connectivity index (χ1) is 12.9.